The lowest BCUT2D eigenvalue weighted by molar-refractivity contribution is 0.372. The summed E-state index contributed by atoms with van der Waals surface area (Å²) < 4.78 is 5.61. The first-order valence-electron chi connectivity index (χ1n) is 6.17. The predicted octanol–water partition coefficient (Wildman–Crippen LogP) is 3.02. The normalized spacial score (nSPS) is 10.9. The lowest BCUT2D eigenvalue weighted by Gasteiger charge is -2.06. The van der Waals surface area contributed by atoms with Crippen LogP contribution >= 0.6 is 15.9 Å². The number of aromatic nitrogens is 2. The highest BCUT2D eigenvalue weighted by Crippen LogP contribution is 2.34. The van der Waals surface area contributed by atoms with Gasteiger partial charge in [0.15, 0.2) is 11.5 Å². The molecule has 1 aromatic carbocycles. The van der Waals surface area contributed by atoms with E-state index in [1.807, 2.05) is 19.9 Å². The number of hydrogen-bond acceptors (Lipinski definition) is 6. The maximum Gasteiger partial charge on any atom is 0.243 e. The van der Waals surface area contributed by atoms with Crippen molar-refractivity contribution in [3.63, 3.8) is 0 Å². The van der Waals surface area contributed by atoms with E-state index < -0.39 is 0 Å². The SMILES string of the molecule is COc1cc(/C=N\Nc2nc(C)cc(C)n2)cc(Br)c1O. The monoisotopic (exact) mass is 350 g/mol. The van der Waals surface area contributed by atoms with E-state index in [0.29, 0.717) is 16.2 Å². The third-order valence-corrected chi connectivity index (χ3v) is 3.24. The summed E-state index contributed by atoms with van der Waals surface area (Å²) in [6.45, 7) is 3.79. The molecule has 0 amide bonds. The predicted molar refractivity (Wildman–Crippen MR) is 85.1 cm³/mol. The highest BCUT2D eigenvalue weighted by atomic mass is 79.9. The first-order valence-corrected chi connectivity index (χ1v) is 6.96. The van der Waals surface area contributed by atoms with E-state index in [2.05, 4.69) is 36.4 Å². The van der Waals surface area contributed by atoms with Gasteiger partial charge < -0.3 is 9.84 Å². The Balaban J connectivity index is 2.16. The highest BCUT2D eigenvalue weighted by molar-refractivity contribution is 9.10. The van der Waals surface area contributed by atoms with E-state index in [1.54, 1.807) is 18.3 Å². The Labute approximate surface area is 131 Å². The standard InChI is InChI=1S/C14H15BrN4O2/c1-8-4-9(2)18-14(17-8)19-16-7-10-5-11(15)13(20)12(6-10)21-3/h4-7,20H,1-3H3,(H,17,18,19)/b16-7-. The van der Waals surface area contributed by atoms with Crippen molar-refractivity contribution in [2.75, 3.05) is 12.5 Å². The molecular weight excluding hydrogens is 336 g/mol. The van der Waals surface area contributed by atoms with Crippen LogP contribution in [0.1, 0.15) is 17.0 Å². The maximum atomic E-state index is 9.73. The van der Waals surface area contributed by atoms with E-state index >= 15 is 0 Å². The van der Waals surface area contributed by atoms with Crippen LogP contribution in [0.15, 0.2) is 27.8 Å². The molecule has 2 aromatic rings. The van der Waals surface area contributed by atoms with Crippen LogP contribution in [-0.2, 0) is 0 Å². The summed E-state index contributed by atoms with van der Waals surface area (Å²) in [4.78, 5) is 8.44. The molecule has 1 aromatic heterocycles. The minimum absolute atomic E-state index is 0.0558. The van der Waals surface area contributed by atoms with Gasteiger partial charge >= 0.3 is 0 Å². The number of nitrogens with zero attached hydrogens (tertiary/aromatic N) is 3. The van der Waals surface area contributed by atoms with E-state index in [0.717, 1.165) is 17.0 Å². The maximum absolute atomic E-state index is 9.73. The van der Waals surface area contributed by atoms with E-state index in [-0.39, 0.29) is 5.75 Å². The lowest BCUT2D eigenvalue weighted by Crippen LogP contribution is -1.99. The van der Waals surface area contributed by atoms with Crippen molar-refractivity contribution in [1.82, 2.24) is 9.97 Å². The van der Waals surface area contributed by atoms with Crippen molar-refractivity contribution >= 4 is 28.1 Å². The summed E-state index contributed by atoms with van der Waals surface area (Å²) >= 11 is 3.26. The first kappa shape index (κ1) is 15.2. The van der Waals surface area contributed by atoms with E-state index in [9.17, 15) is 5.11 Å². The molecule has 0 fully saturated rings. The Bertz CT molecular complexity index is 669. The molecule has 21 heavy (non-hydrogen) atoms. The Hall–Kier alpha value is -2.15. The zero-order valence-corrected chi connectivity index (χ0v) is 13.5. The molecule has 6 nitrogen and oxygen atoms in total. The van der Waals surface area contributed by atoms with Gasteiger partial charge in [0, 0.05) is 11.4 Å². The van der Waals surface area contributed by atoms with E-state index in [1.165, 1.54) is 7.11 Å². The van der Waals surface area contributed by atoms with E-state index in [4.69, 9.17) is 4.74 Å². The number of phenolic OH excluding ortho intramolecular Hbond substituents is 1. The fourth-order valence-electron chi connectivity index (χ4n) is 1.76. The van der Waals surface area contributed by atoms with Gasteiger partial charge in [-0.3, -0.25) is 0 Å². The molecule has 0 spiro atoms. The summed E-state index contributed by atoms with van der Waals surface area (Å²) in [6.07, 6.45) is 1.59. The van der Waals surface area contributed by atoms with Gasteiger partial charge in [-0.25, -0.2) is 15.4 Å². The number of benzene rings is 1. The third-order valence-electron chi connectivity index (χ3n) is 2.63. The molecule has 0 aliphatic heterocycles. The zero-order valence-electron chi connectivity index (χ0n) is 11.9. The van der Waals surface area contributed by atoms with Gasteiger partial charge in [-0.2, -0.15) is 5.10 Å². The fraction of sp³-hybridized carbons (Fsp3) is 0.214. The van der Waals surface area contributed by atoms with Crippen molar-refractivity contribution in [3.05, 3.63) is 39.6 Å². The number of hydrogen-bond donors (Lipinski definition) is 2. The van der Waals surface area contributed by atoms with Crippen LogP contribution in [0.4, 0.5) is 5.95 Å². The van der Waals surface area contributed by atoms with Gasteiger partial charge in [0.05, 0.1) is 17.8 Å². The van der Waals surface area contributed by atoms with Crippen LogP contribution in [0.3, 0.4) is 0 Å². The molecule has 0 saturated carbocycles. The summed E-state index contributed by atoms with van der Waals surface area (Å²) in [5.74, 6) is 0.863. The van der Waals surface area contributed by atoms with Gasteiger partial charge in [0.1, 0.15) is 0 Å². The molecule has 110 valence electrons. The molecule has 0 aliphatic rings. The largest absolute Gasteiger partial charge is 0.503 e. The molecule has 0 atom stereocenters. The minimum atomic E-state index is 0.0558. The summed E-state index contributed by atoms with van der Waals surface area (Å²) in [5, 5.41) is 13.8. The number of nitrogens with one attached hydrogen (secondary N) is 1. The van der Waals surface area contributed by atoms with Gasteiger partial charge in [-0.15, -0.1) is 0 Å². The summed E-state index contributed by atoms with van der Waals surface area (Å²) in [7, 11) is 1.49. The van der Waals surface area contributed by atoms with Crippen molar-refractivity contribution in [1.29, 1.82) is 0 Å². The highest BCUT2D eigenvalue weighted by Gasteiger charge is 2.07. The molecule has 7 heteroatoms. The topological polar surface area (TPSA) is 79.6 Å². The number of aryl methyl sites for hydroxylation is 2. The number of aromatic hydroxyl groups is 1. The number of anilines is 1. The number of ether oxygens (including phenoxy) is 1. The Kier molecular flexibility index (Phi) is 4.74. The molecule has 2 rings (SSSR count). The van der Waals surface area contributed by atoms with Crippen molar-refractivity contribution < 1.29 is 9.84 Å². The van der Waals surface area contributed by atoms with Crippen molar-refractivity contribution in [2.45, 2.75) is 13.8 Å². The zero-order chi connectivity index (χ0) is 15.4. The summed E-state index contributed by atoms with van der Waals surface area (Å²) in [5.41, 5.74) is 5.27. The van der Waals surface area contributed by atoms with Crippen molar-refractivity contribution in [2.24, 2.45) is 5.10 Å². The number of methoxy groups -OCH3 is 1. The van der Waals surface area contributed by atoms with Gasteiger partial charge in [0.25, 0.3) is 0 Å². The van der Waals surface area contributed by atoms with Crippen LogP contribution in [0.25, 0.3) is 0 Å². The lowest BCUT2D eigenvalue weighted by atomic mass is 10.2. The number of hydrazone groups is 1. The molecule has 0 unspecified atom stereocenters. The molecule has 2 N–H and O–H groups in total. The Morgan fingerprint density at radius 2 is 1.90 bits per heavy atom. The molecule has 0 bridgehead atoms. The van der Waals surface area contributed by atoms with Crippen LogP contribution in [0.2, 0.25) is 0 Å². The number of phenols is 1. The van der Waals surface area contributed by atoms with Gasteiger partial charge in [-0.1, -0.05) is 0 Å². The second-order valence-electron chi connectivity index (χ2n) is 4.40. The Morgan fingerprint density at radius 3 is 2.52 bits per heavy atom. The first-order chi connectivity index (χ1) is 9.99. The molecule has 0 radical (unpaired) electrons. The second kappa shape index (κ2) is 6.53. The minimum Gasteiger partial charge on any atom is -0.503 e. The van der Waals surface area contributed by atoms with Crippen LogP contribution in [0.5, 0.6) is 11.5 Å². The average Bonchev–Trinajstić information content (AvgIpc) is 2.41. The van der Waals surface area contributed by atoms with Gasteiger partial charge in [0.2, 0.25) is 5.95 Å². The van der Waals surface area contributed by atoms with Crippen LogP contribution in [-0.4, -0.2) is 28.4 Å². The smallest absolute Gasteiger partial charge is 0.243 e. The molecule has 0 saturated heterocycles. The number of rotatable bonds is 4. The molecular formula is C14H15BrN4O2. The summed E-state index contributed by atoms with van der Waals surface area (Å²) in [6, 6.07) is 5.29. The fourth-order valence-corrected chi connectivity index (χ4v) is 2.22. The quantitative estimate of drug-likeness (QED) is 0.654. The third kappa shape index (κ3) is 3.91. The van der Waals surface area contributed by atoms with Gasteiger partial charge in [-0.05, 0) is 53.5 Å². The second-order valence-corrected chi connectivity index (χ2v) is 5.25. The Morgan fingerprint density at radius 1 is 1.24 bits per heavy atom. The van der Waals surface area contributed by atoms with Crippen LogP contribution in [0, 0.1) is 13.8 Å². The average molecular weight is 351 g/mol. The van der Waals surface area contributed by atoms with Crippen LogP contribution < -0.4 is 10.2 Å². The number of halogens is 1. The van der Waals surface area contributed by atoms with Crippen molar-refractivity contribution in [3.8, 4) is 11.5 Å². The molecule has 1 heterocycles. The molecule has 0 aliphatic carbocycles.